The van der Waals surface area contributed by atoms with Crippen molar-refractivity contribution in [2.24, 2.45) is 0 Å². The van der Waals surface area contributed by atoms with Crippen LogP contribution in [0.1, 0.15) is 26.2 Å². The molecule has 0 rings (SSSR count). The van der Waals surface area contributed by atoms with E-state index in [1.807, 2.05) is 11.6 Å². The summed E-state index contributed by atoms with van der Waals surface area (Å²) in [4.78, 5) is 10.8. The van der Waals surface area contributed by atoms with Crippen LogP contribution in [0.3, 0.4) is 0 Å². The van der Waals surface area contributed by atoms with Gasteiger partial charge in [-0.3, -0.25) is 4.79 Å². The van der Waals surface area contributed by atoms with Crippen LogP contribution in [0.15, 0.2) is 0 Å². The van der Waals surface area contributed by atoms with Crippen LogP contribution >= 0.6 is 0 Å². The van der Waals surface area contributed by atoms with E-state index >= 15 is 0 Å². The van der Waals surface area contributed by atoms with Crippen molar-refractivity contribution < 1.29 is 26.7 Å². The molecular formula is C9H19NO6S2. The van der Waals surface area contributed by atoms with Gasteiger partial charge < -0.3 is 5.11 Å². The lowest BCUT2D eigenvalue weighted by atomic mass is 10.2. The molecule has 0 unspecified atom stereocenters. The molecule has 0 aromatic carbocycles. The maximum Gasteiger partial charge on any atom is 0.321 e. The Labute approximate surface area is 108 Å². The van der Waals surface area contributed by atoms with Crippen LogP contribution in [-0.2, 0) is 24.7 Å². The summed E-state index contributed by atoms with van der Waals surface area (Å²) in [6, 6.07) is -1.40. The van der Waals surface area contributed by atoms with Crippen molar-refractivity contribution in [3.63, 3.8) is 0 Å². The van der Waals surface area contributed by atoms with Crippen molar-refractivity contribution in [3.05, 3.63) is 0 Å². The number of unbranched alkanes of at least 4 members (excludes halogenated alkanes) is 1. The molecule has 2 N–H and O–H groups in total. The Morgan fingerprint density at radius 2 is 1.78 bits per heavy atom. The highest BCUT2D eigenvalue weighted by atomic mass is 32.2. The highest BCUT2D eigenvalue weighted by molar-refractivity contribution is 7.90. The number of carbonyl (C=O) groups is 1. The highest BCUT2D eigenvalue weighted by Crippen LogP contribution is 2.01. The summed E-state index contributed by atoms with van der Waals surface area (Å²) in [5, 5.41) is 8.84. The molecule has 0 heterocycles. The summed E-state index contributed by atoms with van der Waals surface area (Å²) in [5.41, 5.74) is 0. The highest BCUT2D eigenvalue weighted by Gasteiger charge is 2.24. The standard InChI is InChI=1S/C9H19NO6S2/c1-3-4-6-18(15,16)10-8(9(11)12)5-7-17(2,13)14/h8,10H,3-7H2,1-2H3,(H,11,12)/t8-/m0/s1. The van der Waals surface area contributed by atoms with E-state index in [1.54, 1.807) is 0 Å². The lowest BCUT2D eigenvalue weighted by molar-refractivity contribution is -0.139. The molecule has 9 heteroatoms. The molecular weight excluding hydrogens is 282 g/mol. The first-order valence-electron chi connectivity index (χ1n) is 5.48. The van der Waals surface area contributed by atoms with E-state index in [0.717, 1.165) is 6.26 Å². The van der Waals surface area contributed by atoms with Crippen LogP contribution in [0.25, 0.3) is 0 Å². The van der Waals surface area contributed by atoms with Crippen molar-refractivity contribution in [1.29, 1.82) is 0 Å². The number of sulfonamides is 1. The SMILES string of the molecule is CCCCS(=O)(=O)N[C@@H](CCS(C)(=O)=O)C(=O)O. The Kier molecular flexibility index (Phi) is 6.79. The molecule has 0 amide bonds. The number of hydrogen-bond donors (Lipinski definition) is 2. The fraction of sp³-hybridized carbons (Fsp3) is 0.889. The lowest BCUT2D eigenvalue weighted by Crippen LogP contribution is -2.42. The van der Waals surface area contributed by atoms with Gasteiger partial charge in [0.15, 0.2) is 0 Å². The molecule has 0 fully saturated rings. The third kappa shape index (κ3) is 8.43. The Bertz CT molecular complexity index is 467. The van der Waals surface area contributed by atoms with Gasteiger partial charge in [-0.2, -0.15) is 0 Å². The zero-order valence-corrected chi connectivity index (χ0v) is 12.1. The summed E-state index contributed by atoms with van der Waals surface area (Å²) in [7, 11) is -7.00. The van der Waals surface area contributed by atoms with Crippen LogP contribution in [0.5, 0.6) is 0 Å². The lowest BCUT2D eigenvalue weighted by Gasteiger charge is -2.14. The van der Waals surface area contributed by atoms with Gasteiger partial charge in [0, 0.05) is 6.26 Å². The largest absolute Gasteiger partial charge is 0.480 e. The second-order valence-corrected chi connectivity index (χ2v) is 8.23. The molecule has 0 spiro atoms. The summed E-state index contributed by atoms with van der Waals surface area (Å²) in [6.45, 7) is 1.81. The average Bonchev–Trinajstić information content (AvgIpc) is 2.19. The number of nitrogens with one attached hydrogen (secondary N) is 1. The van der Waals surface area contributed by atoms with Crippen molar-refractivity contribution in [3.8, 4) is 0 Å². The predicted molar refractivity (Wildman–Crippen MR) is 67.6 cm³/mol. The molecule has 7 nitrogen and oxygen atoms in total. The van der Waals surface area contributed by atoms with E-state index in [2.05, 4.69) is 0 Å². The summed E-state index contributed by atoms with van der Waals surface area (Å²) < 4.78 is 46.9. The smallest absolute Gasteiger partial charge is 0.321 e. The zero-order chi connectivity index (χ0) is 14.4. The quantitative estimate of drug-likeness (QED) is 0.598. The van der Waals surface area contributed by atoms with E-state index in [4.69, 9.17) is 5.11 Å². The number of rotatable bonds is 9. The molecule has 18 heavy (non-hydrogen) atoms. The molecule has 0 aliphatic heterocycles. The van der Waals surface area contributed by atoms with Gasteiger partial charge in [0.25, 0.3) is 0 Å². The fourth-order valence-electron chi connectivity index (χ4n) is 1.17. The maximum atomic E-state index is 11.5. The maximum absolute atomic E-state index is 11.5. The van der Waals surface area contributed by atoms with Gasteiger partial charge in [0.2, 0.25) is 10.0 Å². The van der Waals surface area contributed by atoms with Gasteiger partial charge in [-0.25, -0.2) is 21.6 Å². The second-order valence-electron chi connectivity index (χ2n) is 4.10. The van der Waals surface area contributed by atoms with E-state index in [-0.39, 0.29) is 17.9 Å². The first-order valence-corrected chi connectivity index (χ1v) is 9.19. The molecule has 0 aromatic rings. The molecule has 0 aliphatic rings. The molecule has 0 saturated carbocycles. The molecule has 1 atom stereocenters. The monoisotopic (exact) mass is 301 g/mol. The van der Waals surface area contributed by atoms with Crippen LogP contribution in [0, 0.1) is 0 Å². The van der Waals surface area contributed by atoms with Crippen LogP contribution < -0.4 is 4.72 Å². The first kappa shape index (κ1) is 17.3. The molecule has 0 aromatic heterocycles. The summed E-state index contributed by atoms with van der Waals surface area (Å²) >= 11 is 0. The van der Waals surface area contributed by atoms with Gasteiger partial charge in [0.05, 0.1) is 11.5 Å². The molecule has 108 valence electrons. The Morgan fingerprint density at radius 1 is 1.22 bits per heavy atom. The Hall–Kier alpha value is -0.670. The molecule has 0 saturated heterocycles. The van der Waals surface area contributed by atoms with Gasteiger partial charge in [0.1, 0.15) is 15.9 Å². The van der Waals surface area contributed by atoms with E-state index in [9.17, 15) is 21.6 Å². The predicted octanol–water partition coefficient (Wildman–Crippen LogP) is -0.406. The van der Waals surface area contributed by atoms with Gasteiger partial charge in [-0.05, 0) is 12.8 Å². The molecule has 0 radical (unpaired) electrons. The van der Waals surface area contributed by atoms with Crippen LogP contribution in [0.4, 0.5) is 0 Å². The van der Waals surface area contributed by atoms with E-state index in [0.29, 0.717) is 12.8 Å². The Balaban J connectivity index is 4.59. The van der Waals surface area contributed by atoms with Crippen molar-refractivity contribution in [2.75, 3.05) is 17.8 Å². The van der Waals surface area contributed by atoms with Crippen molar-refractivity contribution >= 4 is 25.8 Å². The second kappa shape index (κ2) is 7.05. The van der Waals surface area contributed by atoms with Gasteiger partial charge in [-0.1, -0.05) is 13.3 Å². The Morgan fingerprint density at radius 3 is 2.17 bits per heavy atom. The minimum atomic E-state index is -3.68. The number of hydrogen-bond acceptors (Lipinski definition) is 5. The number of sulfone groups is 1. The van der Waals surface area contributed by atoms with E-state index < -0.39 is 31.9 Å². The third-order valence-electron chi connectivity index (χ3n) is 2.16. The minimum Gasteiger partial charge on any atom is -0.480 e. The topological polar surface area (TPSA) is 118 Å². The normalized spacial score (nSPS) is 14.3. The molecule has 0 bridgehead atoms. The summed E-state index contributed by atoms with van der Waals surface area (Å²) in [6.07, 6.45) is 1.78. The third-order valence-corrected chi connectivity index (χ3v) is 4.61. The molecule has 0 aliphatic carbocycles. The average molecular weight is 301 g/mol. The number of aliphatic carboxylic acids is 1. The van der Waals surface area contributed by atoms with Crippen LogP contribution in [-0.4, -0.2) is 51.7 Å². The zero-order valence-electron chi connectivity index (χ0n) is 10.4. The number of carboxylic acids is 1. The number of carboxylic acid groups (broad SMARTS) is 1. The fourth-order valence-corrected chi connectivity index (χ4v) is 3.28. The van der Waals surface area contributed by atoms with Crippen LogP contribution in [0.2, 0.25) is 0 Å². The van der Waals surface area contributed by atoms with Crippen molar-refractivity contribution in [1.82, 2.24) is 4.72 Å². The summed E-state index contributed by atoms with van der Waals surface area (Å²) in [5.74, 6) is -1.91. The van der Waals surface area contributed by atoms with Gasteiger partial charge in [-0.15, -0.1) is 0 Å². The van der Waals surface area contributed by atoms with Crippen molar-refractivity contribution in [2.45, 2.75) is 32.2 Å². The first-order chi connectivity index (χ1) is 8.07. The van der Waals surface area contributed by atoms with Gasteiger partial charge >= 0.3 is 5.97 Å². The minimum absolute atomic E-state index is 0.161. The van der Waals surface area contributed by atoms with E-state index in [1.165, 1.54) is 0 Å².